The Morgan fingerprint density at radius 3 is 2.77 bits per heavy atom. The van der Waals surface area contributed by atoms with Gasteiger partial charge in [-0.05, 0) is 19.9 Å². The number of para-hydroxylation sites is 1. The monoisotopic (exact) mass is 360 g/mol. The summed E-state index contributed by atoms with van der Waals surface area (Å²) in [5.41, 5.74) is -0.683. The normalized spacial score (nSPS) is 21.3. The molecule has 0 unspecified atom stereocenters. The number of carbonyl (C=O) groups is 4. The summed E-state index contributed by atoms with van der Waals surface area (Å²) in [5.74, 6) is -0.753. The van der Waals surface area contributed by atoms with Gasteiger partial charge in [0.05, 0.1) is 6.61 Å². The molecule has 1 fully saturated rings. The van der Waals surface area contributed by atoms with Gasteiger partial charge in [-0.25, -0.2) is 9.59 Å². The Hall–Kier alpha value is -3.10. The lowest BCUT2D eigenvalue weighted by atomic mass is 9.84. The molecule has 2 aliphatic rings. The molecule has 9 heteroatoms. The molecule has 26 heavy (non-hydrogen) atoms. The van der Waals surface area contributed by atoms with E-state index >= 15 is 0 Å². The number of nitrogens with zero attached hydrogens (tertiary/aromatic N) is 1. The van der Waals surface area contributed by atoms with Crippen molar-refractivity contribution in [2.24, 2.45) is 0 Å². The first-order valence-electron chi connectivity index (χ1n) is 8.30. The molecule has 1 aromatic carbocycles. The minimum Gasteiger partial charge on any atom is -0.493 e. The van der Waals surface area contributed by atoms with Crippen molar-refractivity contribution in [3.8, 4) is 5.75 Å². The Labute approximate surface area is 150 Å². The van der Waals surface area contributed by atoms with E-state index in [1.165, 1.54) is 0 Å². The quantitative estimate of drug-likeness (QED) is 0.677. The number of benzene rings is 1. The largest absolute Gasteiger partial charge is 0.493 e. The first kappa shape index (κ1) is 17.7. The first-order chi connectivity index (χ1) is 12.3. The topological polar surface area (TPSA) is 117 Å². The molecular formula is C17H20N4O5. The fourth-order valence-corrected chi connectivity index (χ4v) is 3.12. The van der Waals surface area contributed by atoms with E-state index in [2.05, 4.69) is 16.0 Å². The molecule has 1 aromatic rings. The summed E-state index contributed by atoms with van der Waals surface area (Å²) in [6.45, 7) is 3.21. The van der Waals surface area contributed by atoms with Gasteiger partial charge < -0.3 is 15.4 Å². The molecule has 138 valence electrons. The number of rotatable bonds is 3. The molecule has 0 saturated carbocycles. The maximum absolute atomic E-state index is 13.0. The van der Waals surface area contributed by atoms with Crippen LogP contribution in [0.15, 0.2) is 24.3 Å². The molecule has 6 amide bonds. The van der Waals surface area contributed by atoms with Gasteiger partial charge in [0.2, 0.25) is 5.91 Å². The van der Waals surface area contributed by atoms with Crippen molar-refractivity contribution in [1.82, 2.24) is 20.9 Å². The van der Waals surface area contributed by atoms with Crippen molar-refractivity contribution >= 4 is 23.9 Å². The van der Waals surface area contributed by atoms with Crippen LogP contribution in [0.5, 0.6) is 5.75 Å². The van der Waals surface area contributed by atoms with Gasteiger partial charge in [-0.2, -0.15) is 0 Å². The van der Waals surface area contributed by atoms with Gasteiger partial charge in [0, 0.05) is 18.0 Å². The molecule has 9 nitrogen and oxygen atoms in total. The summed E-state index contributed by atoms with van der Waals surface area (Å²) >= 11 is 0. The van der Waals surface area contributed by atoms with Crippen molar-refractivity contribution < 1.29 is 23.9 Å². The van der Waals surface area contributed by atoms with Gasteiger partial charge in [-0.3, -0.25) is 19.8 Å². The zero-order valence-corrected chi connectivity index (χ0v) is 14.5. The third-order valence-corrected chi connectivity index (χ3v) is 4.23. The van der Waals surface area contributed by atoms with Crippen LogP contribution in [0.4, 0.5) is 9.59 Å². The number of ether oxygens (including phenoxy) is 1. The van der Waals surface area contributed by atoms with Crippen molar-refractivity contribution in [1.29, 1.82) is 0 Å². The molecule has 0 radical (unpaired) electrons. The van der Waals surface area contributed by atoms with Crippen molar-refractivity contribution in [3.63, 3.8) is 0 Å². The number of imide groups is 2. The maximum Gasteiger partial charge on any atom is 0.325 e. The van der Waals surface area contributed by atoms with E-state index in [0.29, 0.717) is 11.3 Å². The van der Waals surface area contributed by atoms with Gasteiger partial charge in [0.1, 0.15) is 12.3 Å². The lowest BCUT2D eigenvalue weighted by molar-refractivity contribution is -0.135. The number of carbonyl (C=O) groups excluding carboxylic acids is 4. The van der Waals surface area contributed by atoms with Crippen LogP contribution >= 0.6 is 0 Å². The molecule has 2 heterocycles. The van der Waals surface area contributed by atoms with Crippen LogP contribution < -0.4 is 20.7 Å². The molecule has 3 rings (SSSR count). The predicted molar refractivity (Wildman–Crippen MR) is 90.3 cm³/mol. The van der Waals surface area contributed by atoms with Gasteiger partial charge in [-0.1, -0.05) is 18.2 Å². The van der Waals surface area contributed by atoms with Crippen LogP contribution in [-0.4, -0.2) is 48.0 Å². The predicted octanol–water partition coefficient (Wildman–Crippen LogP) is 0.450. The van der Waals surface area contributed by atoms with Crippen molar-refractivity contribution in [3.05, 3.63) is 29.8 Å². The summed E-state index contributed by atoms with van der Waals surface area (Å²) in [7, 11) is 0. The standard InChI is InChI=1S/C17H20N4O5/c1-10(2)18-15(24)19-13(22)9-21-14(23)17(20-16(21)25)7-8-26-12-6-4-3-5-11(12)17/h3-6,10H,7-9H2,1-2H3,(H,20,25)(H2,18,19,22,24)/t17-/m0/s1. The highest BCUT2D eigenvalue weighted by Crippen LogP contribution is 2.40. The second kappa shape index (κ2) is 6.66. The number of amides is 6. The fourth-order valence-electron chi connectivity index (χ4n) is 3.12. The summed E-state index contributed by atoms with van der Waals surface area (Å²) in [6.07, 6.45) is 0.264. The fraction of sp³-hybridized carbons (Fsp3) is 0.412. The maximum atomic E-state index is 13.0. The Balaban J connectivity index is 1.76. The summed E-state index contributed by atoms with van der Waals surface area (Å²) in [4.78, 5) is 49.7. The number of urea groups is 2. The SMILES string of the molecule is CC(C)NC(=O)NC(=O)CN1C(=O)N[C@]2(CCOc3ccccc32)C1=O. The summed E-state index contributed by atoms with van der Waals surface area (Å²) in [6, 6.07) is 5.46. The molecule has 3 N–H and O–H groups in total. The number of fused-ring (bicyclic) bond motifs is 2. The Morgan fingerprint density at radius 2 is 2.04 bits per heavy atom. The molecule has 1 spiro atoms. The minimum atomic E-state index is -1.24. The van der Waals surface area contributed by atoms with Crippen LogP contribution in [0.25, 0.3) is 0 Å². The van der Waals surface area contributed by atoms with E-state index < -0.39 is 36.0 Å². The second-order valence-corrected chi connectivity index (χ2v) is 6.50. The molecular weight excluding hydrogens is 340 g/mol. The molecule has 1 atom stereocenters. The van der Waals surface area contributed by atoms with E-state index in [4.69, 9.17) is 4.74 Å². The average Bonchev–Trinajstić information content (AvgIpc) is 2.79. The first-order valence-corrected chi connectivity index (χ1v) is 8.30. The Kier molecular flexibility index (Phi) is 4.54. The molecule has 0 aromatic heterocycles. The highest BCUT2D eigenvalue weighted by atomic mass is 16.5. The smallest absolute Gasteiger partial charge is 0.325 e. The van der Waals surface area contributed by atoms with Crippen LogP contribution in [0.2, 0.25) is 0 Å². The zero-order chi connectivity index (χ0) is 18.9. The van der Waals surface area contributed by atoms with E-state index in [-0.39, 0.29) is 19.1 Å². The summed E-state index contributed by atoms with van der Waals surface area (Å²) < 4.78 is 5.55. The van der Waals surface area contributed by atoms with Crippen molar-refractivity contribution in [2.75, 3.05) is 13.2 Å². The highest BCUT2D eigenvalue weighted by molar-refractivity contribution is 6.10. The molecule has 0 bridgehead atoms. The van der Waals surface area contributed by atoms with Gasteiger partial charge in [-0.15, -0.1) is 0 Å². The Bertz CT molecular complexity index is 778. The summed E-state index contributed by atoms with van der Waals surface area (Å²) in [5, 5.41) is 7.29. The number of nitrogens with one attached hydrogen (secondary N) is 3. The molecule has 2 aliphatic heterocycles. The van der Waals surface area contributed by atoms with Gasteiger partial charge >= 0.3 is 12.1 Å². The van der Waals surface area contributed by atoms with E-state index in [1.807, 2.05) is 0 Å². The molecule has 0 aliphatic carbocycles. The van der Waals surface area contributed by atoms with Crippen LogP contribution in [0.1, 0.15) is 25.8 Å². The molecule has 1 saturated heterocycles. The van der Waals surface area contributed by atoms with E-state index in [9.17, 15) is 19.2 Å². The third kappa shape index (κ3) is 3.07. The van der Waals surface area contributed by atoms with E-state index in [1.54, 1.807) is 38.1 Å². The highest BCUT2D eigenvalue weighted by Gasteiger charge is 2.55. The van der Waals surface area contributed by atoms with Crippen molar-refractivity contribution in [2.45, 2.75) is 31.8 Å². The average molecular weight is 360 g/mol. The minimum absolute atomic E-state index is 0.151. The van der Waals surface area contributed by atoms with Gasteiger partial charge in [0.25, 0.3) is 5.91 Å². The van der Waals surface area contributed by atoms with Crippen LogP contribution in [0, 0.1) is 0 Å². The van der Waals surface area contributed by atoms with Gasteiger partial charge in [0.15, 0.2) is 5.54 Å². The van der Waals surface area contributed by atoms with E-state index in [0.717, 1.165) is 4.90 Å². The number of hydrogen-bond donors (Lipinski definition) is 3. The Morgan fingerprint density at radius 1 is 1.31 bits per heavy atom. The third-order valence-electron chi connectivity index (χ3n) is 4.23. The lowest BCUT2D eigenvalue weighted by Gasteiger charge is -2.33. The lowest BCUT2D eigenvalue weighted by Crippen LogP contribution is -2.49. The second-order valence-electron chi connectivity index (χ2n) is 6.50. The van der Waals surface area contributed by atoms with Crippen LogP contribution in [-0.2, 0) is 15.1 Å². The number of hydrogen-bond acceptors (Lipinski definition) is 5. The zero-order valence-electron chi connectivity index (χ0n) is 14.5. The van der Waals surface area contributed by atoms with Crippen LogP contribution in [0.3, 0.4) is 0 Å².